The molecule has 0 bridgehead atoms. The number of fused-ring (bicyclic) bond motifs is 1. The molecule has 3 rings (SSSR count). The number of ether oxygens (including phenoxy) is 2. The first kappa shape index (κ1) is 17.1. The van der Waals surface area contributed by atoms with E-state index in [0.717, 1.165) is 0 Å². The van der Waals surface area contributed by atoms with Crippen molar-refractivity contribution in [2.75, 3.05) is 16.6 Å². The number of benzene rings is 2. The fourth-order valence-electron chi connectivity index (χ4n) is 2.37. The van der Waals surface area contributed by atoms with Gasteiger partial charge in [-0.3, -0.25) is 9.52 Å². The maximum absolute atomic E-state index is 12.6. The summed E-state index contributed by atoms with van der Waals surface area (Å²) in [5.74, 6) is 0.607. The number of carbonyl (C=O) groups is 1. The second-order valence-corrected chi connectivity index (χ2v) is 7.45. The minimum absolute atomic E-state index is 0.00350. The zero-order valence-corrected chi connectivity index (χ0v) is 14.6. The topological polar surface area (TPSA) is 93.7 Å². The zero-order chi connectivity index (χ0) is 18.0. The lowest BCUT2D eigenvalue weighted by atomic mass is 10.2. The van der Waals surface area contributed by atoms with Gasteiger partial charge < -0.3 is 14.8 Å². The van der Waals surface area contributed by atoms with Crippen LogP contribution in [0.25, 0.3) is 0 Å². The summed E-state index contributed by atoms with van der Waals surface area (Å²) >= 11 is 0. The largest absolute Gasteiger partial charge is 0.491 e. The van der Waals surface area contributed by atoms with Gasteiger partial charge in [0, 0.05) is 0 Å². The maximum Gasteiger partial charge on any atom is 0.262 e. The van der Waals surface area contributed by atoms with Crippen LogP contribution in [-0.2, 0) is 14.8 Å². The Kier molecular flexibility index (Phi) is 4.54. The molecule has 1 aliphatic rings. The number of carbonyl (C=O) groups excluding carboxylic acids is 1. The first-order chi connectivity index (χ1) is 11.8. The molecule has 132 valence electrons. The average molecular weight is 362 g/mol. The van der Waals surface area contributed by atoms with Crippen molar-refractivity contribution in [3.8, 4) is 11.5 Å². The minimum atomic E-state index is -3.80. The summed E-state index contributed by atoms with van der Waals surface area (Å²) in [7, 11) is -3.80. The van der Waals surface area contributed by atoms with Crippen LogP contribution in [0.1, 0.15) is 13.8 Å². The first-order valence-electron chi connectivity index (χ1n) is 7.70. The van der Waals surface area contributed by atoms with Gasteiger partial charge in [0.1, 0.15) is 5.75 Å². The van der Waals surface area contributed by atoms with Gasteiger partial charge in [-0.2, -0.15) is 0 Å². The molecule has 0 unspecified atom stereocenters. The Morgan fingerprint density at radius 3 is 2.56 bits per heavy atom. The van der Waals surface area contributed by atoms with Crippen molar-refractivity contribution in [3.05, 3.63) is 42.5 Å². The van der Waals surface area contributed by atoms with Gasteiger partial charge >= 0.3 is 0 Å². The number of hydrogen-bond donors (Lipinski definition) is 2. The van der Waals surface area contributed by atoms with Gasteiger partial charge in [-0.1, -0.05) is 6.07 Å². The van der Waals surface area contributed by atoms with Crippen molar-refractivity contribution in [2.24, 2.45) is 0 Å². The third-order valence-electron chi connectivity index (χ3n) is 3.39. The number of sulfonamides is 1. The third-order valence-corrected chi connectivity index (χ3v) is 4.77. The minimum Gasteiger partial charge on any atom is -0.491 e. The molecule has 8 heteroatoms. The molecule has 1 amide bonds. The second-order valence-electron chi connectivity index (χ2n) is 5.76. The molecule has 0 aliphatic carbocycles. The van der Waals surface area contributed by atoms with E-state index in [2.05, 4.69) is 10.0 Å². The van der Waals surface area contributed by atoms with Gasteiger partial charge in [-0.15, -0.1) is 0 Å². The lowest BCUT2D eigenvalue weighted by Gasteiger charge is -2.21. The van der Waals surface area contributed by atoms with Crippen LogP contribution in [0.5, 0.6) is 11.5 Å². The molecule has 2 aromatic rings. The van der Waals surface area contributed by atoms with E-state index in [1.807, 2.05) is 13.8 Å². The van der Waals surface area contributed by atoms with Crippen molar-refractivity contribution >= 4 is 27.3 Å². The van der Waals surface area contributed by atoms with Gasteiger partial charge in [0.25, 0.3) is 15.9 Å². The number of para-hydroxylation sites is 1. The number of nitrogens with one attached hydrogen (secondary N) is 2. The molecule has 25 heavy (non-hydrogen) atoms. The van der Waals surface area contributed by atoms with Crippen LogP contribution in [0.4, 0.5) is 11.4 Å². The smallest absolute Gasteiger partial charge is 0.262 e. The van der Waals surface area contributed by atoms with Crippen LogP contribution in [0.15, 0.2) is 47.4 Å². The quantitative estimate of drug-likeness (QED) is 0.853. The summed E-state index contributed by atoms with van der Waals surface area (Å²) in [6, 6.07) is 11.0. The molecule has 7 nitrogen and oxygen atoms in total. The molecule has 0 saturated heterocycles. The molecule has 0 aromatic heterocycles. The molecule has 0 fully saturated rings. The normalized spacial score (nSPS) is 13.6. The summed E-state index contributed by atoms with van der Waals surface area (Å²) in [5.41, 5.74) is 0.692. The Morgan fingerprint density at radius 1 is 1.16 bits per heavy atom. The second kappa shape index (κ2) is 6.64. The van der Waals surface area contributed by atoms with E-state index in [1.165, 1.54) is 12.1 Å². The van der Waals surface area contributed by atoms with Crippen molar-refractivity contribution in [1.82, 2.24) is 0 Å². The lowest BCUT2D eigenvalue weighted by molar-refractivity contribution is -0.118. The molecule has 0 atom stereocenters. The highest BCUT2D eigenvalue weighted by molar-refractivity contribution is 7.92. The Hall–Kier alpha value is -2.74. The molecule has 1 aliphatic heterocycles. The van der Waals surface area contributed by atoms with Gasteiger partial charge in [0.15, 0.2) is 12.4 Å². The zero-order valence-electron chi connectivity index (χ0n) is 13.8. The van der Waals surface area contributed by atoms with Crippen LogP contribution < -0.4 is 19.5 Å². The van der Waals surface area contributed by atoms with Crippen LogP contribution in [0.3, 0.4) is 0 Å². The summed E-state index contributed by atoms with van der Waals surface area (Å²) in [4.78, 5) is 11.5. The molecule has 0 radical (unpaired) electrons. The van der Waals surface area contributed by atoms with Crippen LogP contribution in [0, 0.1) is 0 Å². The summed E-state index contributed by atoms with van der Waals surface area (Å²) < 4.78 is 38.5. The van der Waals surface area contributed by atoms with Crippen LogP contribution in [0.2, 0.25) is 0 Å². The van der Waals surface area contributed by atoms with Gasteiger partial charge in [-0.25, -0.2) is 8.42 Å². The number of hydrogen-bond acceptors (Lipinski definition) is 5. The fourth-order valence-corrected chi connectivity index (χ4v) is 3.43. The Labute approximate surface area is 146 Å². The van der Waals surface area contributed by atoms with Crippen molar-refractivity contribution in [2.45, 2.75) is 24.8 Å². The predicted molar refractivity (Wildman–Crippen MR) is 93.6 cm³/mol. The van der Waals surface area contributed by atoms with E-state index >= 15 is 0 Å². The third kappa shape index (κ3) is 3.85. The van der Waals surface area contributed by atoms with E-state index in [1.54, 1.807) is 30.3 Å². The van der Waals surface area contributed by atoms with Gasteiger partial charge in [0.2, 0.25) is 0 Å². The van der Waals surface area contributed by atoms with E-state index in [-0.39, 0.29) is 29.2 Å². The Morgan fingerprint density at radius 2 is 1.88 bits per heavy atom. The highest BCUT2D eigenvalue weighted by Gasteiger charge is 2.22. The van der Waals surface area contributed by atoms with E-state index in [4.69, 9.17) is 9.47 Å². The maximum atomic E-state index is 12.6. The number of amides is 1. The van der Waals surface area contributed by atoms with Gasteiger partial charge in [-0.05, 0) is 50.2 Å². The van der Waals surface area contributed by atoms with Crippen molar-refractivity contribution in [3.63, 3.8) is 0 Å². The standard InChI is InChI=1S/C17H18N2O5S/c1-11(2)24-12-6-8-13(9-7-12)25(21,22)19-15-5-3-4-14-17(15)23-10-16(20)18-14/h3-9,11,19H,10H2,1-2H3,(H,18,20). The summed E-state index contributed by atoms with van der Waals surface area (Å²) in [6.07, 6.45) is 0.00350. The van der Waals surface area contributed by atoms with E-state index in [9.17, 15) is 13.2 Å². The highest BCUT2D eigenvalue weighted by Crippen LogP contribution is 2.36. The van der Waals surface area contributed by atoms with E-state index < -0.39 is 10.0 Å². The molecular weight excluding hydrogens is 344 g/mol. The van der Waals surface area contributed by atoms with Crippen LogP contribution in [-0.4, -0.2) is 27.0 Å². The first-order valence-corrected chi connectivity index (χ1v) is 9.19. The average Bonchev–Trinajstić information content (AvgIpc) is 2.54. The molecular formula is C17H18N2O5S. The SMILES string of the molecule is CC(C)Oc1ccc(S(=O)(=O)Nc2cccc3c2OCC(=O)N3)cc1. The highest BCUT2D eigenvalue weighted by atomic mass is 32.2. The van der Waals surface area contributed by atoms with Gasteiger partial charge in [0.05, 0.1) is 22.4 Å². The number of anilines is 2. The molecule has 0 saturated carbocycles. The summed E-state index contributed by atoms with van der Waals surface area (Å²) in [5, 5.41) is 2.64. The fraction of sp³-hybridized carbons (Fsp3) is 0.235. The van der Waals surface area contributed by atoms with Crippen LogP contribution >= 0.6 is 0 Å². The van der Waals surface area contributed by atoms with Crippen molar-refractivity contribution in [1.29, 1.82) is 0 Å². The van der Waals surface area contributed by atoms with Crippen molar-refractivity contribution < 1.29 is 22.7 Å². The Balaban J connectivity index is 1.85. The Bertz CT molecular complexity index is 892. The molecule has 2 N–H and O–H groups in total. The monoisotopic (exact) mass is 362 g/mol. The van der Waals surface area contributed by atoms with E-state index in [0.29, 0.717) is 17.2 Å². The lowest BCUT2D eigenvalue weighted by Crippen LogP contribution is -2.26. The molecule has 1 heterocycles. The molecule has 0 spiro atoms. The number of rotatable bonds is 5. The molecule has 2 aromatic carbocycles. The predicted octanol–water partition coefficient (Wildman–Crippen LogP) is 2.61. The summed E-state index contributed by atoms with van der Waals surface area (Å²) in [6.45, 7) is 3.63.